The van der Waals surface area contributed by atoms with Crippen LogP contribution in [0.1, 0.15) is 62.1 Å². The topological polar surface area (TPSA) is 50.1 Å². The van der Waals surface area contributed by atoms with E-state index in [0.29, 0.717) is 29.9 Å². The Morgan fingerprint density at radius 1 is 1.21 bits per heavy atom. The fourth-order valence-corrected chi connectivity index (χ4v) is 4.07. The molecule has 0 aromatic carbocycles. The van der Waals surface area contributed by atoms with Crippen molar-refractivity contribution in [3.63, 3.8) is 0 Å². The highest BCUT2D eigenvalue weighted by Crippen LogP contribution is 2.22. The largest absolute Gasteiger partial charge is 0.383 e. The molecule has 1 aliphatic heterocycles. The van der Waals surface area contributed by atoms with E-state index >= 15 is 0 Å². The van der Waals surface area contributed by atoms with Crippen LogP contribution in [-0.2, 0) is 11.3 Å². The summed E-state index contributed by atoms with van der Waals surface area (Å²) in [5.74, 6) is 0.0390. The standard InChI is InChI=1S/C22H33ClN4O2/c1-17(2)26(13-14-29-3)16-19-21(24-20-10-9-18(23)15-27(19)20)22(28)25-11-7-5-4-6-8-12-25/h9-10,15,17H,4-8,11-14,16H2,1-3H3. The first-order valence-corrected chi connectivity index (χ1v) is 11.1. The predicted octanol–water partition coefficient (Wildman–Crippen LogP) is 4.25. The highest BCUT2D eigenvalue weighted by atomic mass is 35.5. The number of amides is 1. The van der Waals surface area contributed by atoms with E-state index in [1.54, 1.807) is 7.11 Å². The highest BCUT2D eigenvalue weighted by molar-refractivity contribution is 6.30. The second-order valence-corrected chi connectivity index (χ2v) is 8.54. The number of halogens is 1. The Labute approximate surface area is 178 Å². The van der Waals surface area contributed by atoms with Gasteiger partial charge in [0, 0.05) is 45.5 Å². The Balaban J connectivity index is 1.97. The van der Waals surface area contributed by atoms with Gasteiger partial charge in [-0.25, -0.2) is 4.98 Å². The lowest BCUT2D eigenvalue weighted by Crippen LogP contribution is -2.37. The van der Waals surface area contributed by atoms with Crippen LogP contribution in [0, 0.1) is 0 Å². The van der Waals surface area contributed by atoms with Gasteiger partial charge < -0.3 is 14.0 Å². The molecule has 6 nitrogen and oxygen atoms in total. The van der Waals surface area contributed by atoms with E-state index < -0.39 is 0 Å². The summed E-state index contributed by atoms with van der Waals surface area (Å²) in [5, 5.41) is 0.634. The quantitative estimate of drug-likeness (QED) is 0.671. The zero-order chi connectivity index (χ0) is 20.8. The molecular formula is C22H33ClN4O2. The van der Waals surface area contributed by atoms with Crippen molar-refractivity contribution < 1.29 is 9.53 Å². The SMILES string of the molecule is COCCN(Cc1c(C(=O)N2CCCCCCC2)nc2ccc(Cl)cn12)C(C)C. The first-order valence-electron chi connectivity index (χ1n) is 10.7. The number of nitrogens with zero attached hydrogens (tertiary/aromatic N) is 4. The number of fused-ring (bicyclic) bond motifs is 1. The van der Waals surface area contributed by atoms with Gasteiger partial charge in [-0.05, 0) is 38.8 Å². The van der Waals surface area contributed by atoms with Crippen LogP contribution in [-0.4, -0.2) is 64.5 Å². The summed E-state index contributed by atoms with van der Waals surface area (Å²) >= 11 is 6.27. The van der Waals surface area contributed by atoms with Crippen molar-refractivity contribution in [2.24, 2.45) is 0 Å². The maximum Gasteiger partial charge on any atom is 0.274 e. The fourth-order valence-electron chi connectivity index (χ4n) is 3.91. The molecule has 1 fully saturated rings. The number of hydrogen-bond donors (Lipinski definition) is 0. The van der Waals surface area contributed by atoms with Gasteiger partial charge in [-0.15, -0.1) is 0 Å². The number of imidazole rings is 1. The number of likely N-dealkylation sites (tertiary alicyclic amines) is 1. The summed E-state index contributed by atoms with van der Waals surface area (Å²) in [7, 11) is 1.71. The van der Waals surface area contributed by atoms with E-state index in [-0.39, 0.29) is 5.91 Å². The Bertz CT molecular complexity index is 812. The minimum Gasteiger partial charge on any atom is -0.383 e. The van der Waals surface area contributed by atoms with Gasteiger partial charge in [0.2, 0.25) is 0 Å². The van der Waals surface area contributed by atoms with Crippen LogP contribution in [0.15, 0.2) is 18.3 Å². The molecule has 1 amide bonds. The molecule has 0 radical (unpaired) electrons. The van der Waals surface area contributed by atoms with Crippen LogP contribution < -0.4 is 0 Å². The Kier molecular flexibility index (Phi) is 7.92. The summed E-state index contributed by atoms with van der Waals surface area (Å²) in [6, 6.07) is 4.02. The van der Waals surface area contributed by atoms with Crippen LogP contribution in [0.4, 0.5) is 0 Å². The highest BCUT2D eigenvalue weighted by Gasteiger charge is 2.26. The van der Waals surface area contributed by atoms with Gasteiger partial charge in [0.25, 0.3) is 5.91 Å². The smallest absolute Gasteiger partial charge is 0.274 e. The van der Waals surface area contributed by atoms with Crippen molar-refractivity contribution in [1.29, 1.82) is 0 Å². The molecule has 2 aromatic rings. The van der Waals surface area contributed by atoms with Gasteiger partial charge in [-0.2, -0.15) is 0 Å². The predicted molar refractivity (Wildman–Crippen MR) is 117 cm³/mol. The summed E-state index contributed by atoms with van der Waals surface area (Å²) in [4.78, 5) is 22.5. The van der Waals surface area contributed by atoms with Crippen molar-refractivity contribution in [3.05, 3.63) is 34.7 Å². The van der Waals surface area contributed by atoms with Gasteiger partial charge in [0.15, 0.2) is 5.69 Å². The van der Waals surface area contributed by atoms with Crippen LogP contribution >= 0.6 is 11.6 Å². The lowest BCUT2D eigenvalue weighted by molar-refractivity contribution is 0.0732. The average Bonchev–Trinajstić information content (AvgIpc) is 3.01. The number of carbonyl (C=O) groups excluding carboxylic acids is 1. The van der Waals surface area contributed by atoms with Gasteiger partial charge in [0.05, 0.1) is 17.3 Å². The summed E-state index contributed by atoms with van der Waals surface area (Å²) in [6.45, 7) is 7.99. The first-order chi connectivity index (χ1) is 14.0. The summed E-state index contributed by atoms with van der Waals surface area (Å²) < 4.78 is 7.26. The van der Waals surface area contributed by atoms with E-state index in [1.165, 1.54) is 19.3 Å². The number of ether oxygens (including phenoxy) is 1. The zero-order valence-electron chi connectivity index (χ0n) is 17.9. The van der Waals surface area contributed by atoms with Crippen molar-refractivity contribution in [2.75, 3.05) is 33.4 Å². The third-order valence-electron chi connectivity index (χ3n) is 5.69. The maximum atomic E-state index is 13.5. The molecule has 3 rings (SSSR count). The third kappa shape index (κ3) is 5.50. The van der Waals surface area contributed by atoms with E-state index in [1.807, 2.05) is 27.6 Å². The third-order valence-corrected chi connectivity index (χ3v) is 5.92. The van der Waals surface area contributed by atoms with Crippen molar-refractivity contribution >= 4 is 23.2 Å². The molecule has 1 aliphatic rings. The zero-order valence-corrected chi connectivity index (χ0v) is 18.6. The van der Waals surface area contributed by atoms with Crippen molar-refractivity contribution in [3.8, 4) is 0 Å². The normalized spacial score (nSPS) is 15.9. The first kappa shape index (κ1) is 22.1. The van der Waals surface area contributed by atoms with Gasteiger partial charge in [0.1, 0.15) is 5.65 Å². The van der Waals surface area contributed by atoms with Crippen LogP contribution in [0.2, 0.25) is 5.02 Å². The molecule has 160 valence electrons. The minimum absolute atomic E-state index is 0.0390. The number of carbonyl (C=O) groups is 1. The number of pyridine rings is 1. The van der Waals surface area contributed by atoms with Crippen LogP contribution in [0.25, 0.3) is 5.65 Å². The number of aromatic nitrogens is 2. The molecule has 0 N–H and O–H groups in total. The molecular weight excluding hydrogens is 388 g/mol. The lowest BCUT2D eigenvalue weighted by atomic mass is 10.1. The maximum absolute atomic E-state index is 13.5. The molecule has 0 saturated carbocycles. The number of hydrogen-bond acceptors (Lipinski definition) is 4. The van der Waals surface area contributed by atoms with Gasteiger partial charge >= 0.3 is 0 Å². The second-order valence-electron chi connectivity index (χ2n) is 8.10. The van der Waals surface area contributed by atoms with Crippen molar-refractivity contribution in [2.45, 2.75) is 58.5 Å². The monoisotopic (exact) mass is 420 g/mol. The molecule has 3 heterocycles. The Morgan fingerprint density at radius 2 is 1.90 bits per heavy atom. The Morgan fingerprint density at radius 3 is 2.55 bits per heavy atom. The molecule has 0 unspecified atom stereocenters. The van der Waals surface area contributed by atoms with E-state index in [2.05, 4.69) is 18.7 Å². The summed E-state index contributed by atoms with van der Waals surface area (Å²) in [5.41, 5.74) is 2.21. The molecule has 1 saturated heterocycles. The second kappa shape index (κ2) is 10.4. The van der Waals surface area contributed by atoms with Crippen molar-refractivity contribution in [1.82, 2.24) is 19.2 Å². The molecule has 0 atom stereocenters. The molecule has 2 aromatic heterocycles. The number of methoxy groups -OCH3 is 1. The summed E-state index contributed by atoms with van der Waals surface area (Å²) in [6.07, 6.45) is 7.63. The van der Waals surface area contributed by atoms with Crippen LogP contribution in [0.3, 0.4) is 0 Å². The average molecular weight is 421 g/mol. The number of rotatable bonds is 7. The molecule has 0 spiro atoms. The molecule has 29 heavy (non-hydrogen) atoms. The molecule has 0 aliphatic carbocycles. The minimum atomic E-state index is 0.0390. The molecule has 0 bridgehead atoms. The Hall–Kier alpha value is -1.63. The van der Waals surface area contributed by atoms with Gasteiger partial charge in [-0.1, -0.05) is 30.9 Å². The molecule has 7 heteroatoms. The van der Waals surface area contributed by atoms with E-state index in [0.717, 1.165) is 43.8 Å². The fraction of sp³-hybridized carbons (Fsp3) is 0.636. The lowest BCUT2D eigenvalue weighted by Gasteiger charge is -2.27. The van der Waals surface area contributed by atoms with Crippen LogP contribution in [0.5, 0.6) is 0 Å². The van der Waals surface area contributed by atoms with E-state index in [4.69, 9.17) is 21.3 Å². The van der Waals surface area contributed by atoms with Gasteiger partial charge in [-0.3, -0.25) is 9.69 Å². The van der Waals surface area contributed by atoms with E-state index in [9.17, 15) is 4.79 Å².